The number of hydrogen-bond donors (Lipinski definition) is 0. The molecule has 2 heteroatoms. The van der Waals surface area contributed by atoms with Crippen molar-refractivity contribution >= 4 is 38.8 Å². The smallest absolute Gasteiger partial charge is 0.0546 e. The Kier molecular flexibility index (Phi) is 2.98. The number of rotatable bonds is 2. The van der Waals surface area contributed by atoms with E-state index in [2.05, 4.69) is 54.3 Å². The molecule has 2 aromatic carbocycles. The Bertz CT molecular complexity index is 1040. The van der Waals surface area contributed by atoms with Crippen LogP contribution >= 0.6 is 11.6 Å². The van der Waals surface area contributed by atoms with E-state index in [0.29, 0.717) is 0 Å². The van der Waals surface area contributed by atoms with Crippen molar-refractivity contribution in [1.82, 2.24) is 4.40 Å². The topological polar surface area (TPSA) is 4.41 Å². The van der Waals surface area contributed by atoms with Gasteiger partial charge in [0.15, 0.2) is 0 Å². The first kappa shape index (κ1) is 13.4. The van der Waals surface area contributed by atoms with Crippen molar-refractivity contribution in [1.29, 1.82) is 0 Å². The average Bonchev–Trinajstić information content (AvgIpc) is 2.86. The Morgan fingerprint density at radius 2 is 1.91 bits per heavy atom. The molecule has 2 aromatic heterocycles. The number of aryl methyl sites for hydroxylation is 1. The second-order valence-electron chi connectivity index (χ2n) is 5.73. The van der Waals surface area contributed by atoms with Crippen LogP contribution in [0.15, 0.2) is 61.2 Å². The highest BCUT2D eigenvalue weighted by molar-refractivity contribution is 6.31. The minimum absolute atomic E-state index is 0.775. The molecule has 0 aliphatic heterocycles. The van der Waals surface area contributed by atoms with Crippen molar-refractivity contribution in [3.63, 3.8) is 0 Å². The van der Waals surface area contributed by atoms with Gasteiger partial charge in [-0.05, 0) is 54.6 Å². The normalized spacial score (nSPS) is 11.5. The van der Waals surface area contributed by atoms with Crippen molar-refractivity contribution in [2.75, 3.05) is 0 Å². The molecule has 0 saturated carbocycles. The predicted octanol–water partition coefficient (Wildman–Crippen LogP) is 5.94. The van der Waals surface area contributed by atoms with Crippen LogP contribution < -0.4 is 0 Å². The Hall–Kier alpha value is -2.25. The summed E-state index contributed by atoms with van der Waals surface area (Å²) < 4.78 is 2.32. The molecular weight excluding hydrogens is 290 g/mol. The van der Waals surface area contributed by atoms with Gasteiger partial charge in [0.05, 0.1) is 11.0 Å². The fourth-order valence-corrected chi connectivity index (χ4v) is 3.60. The highest BCUT2D eigenvalue weighted by atomic mass is 35.5. The molecule has 4 aromatic rings. The summed E-state index contributed by atoms with van der Waals surface area (Å²) in [5.41, 5.74) is 4.99. The summed E-state index contributed by atoms with van der Waals surface area (Å²) in [4.78, 5) is 0. The molecule has 0 unspecified atom stereocenters. The zero-order valence-corrected chi connectivity index (χ0v) is 13.2. The maximum absolute atomic E-state index is 6.16. The lowest BCUT2D eigenvalue weighted by atomic mass is 10.0. The summed E-state index contributed by atoms with van der Waals surface area (Å²) >= 11 is 6.16. The zero-order chi connectivity index (χ0) is 15.3. The summed E-state index contributed by atoms with van der Waals surface area (Å²) in [6.07, 6.45) is 2.84. The van der Waals surface area contributed by atoms with Gasteiger partial charge in [0.25, 0.3) is 0 Å². The minimum Gasteiger partial charge on any atom is -0.313 e. The van der Waals surface area contributed by atoms with E-state index in [1.165, 1.54) is 38.4 Å². The molecule has 22 heavy (non-hydrogen) atoms. The standard InChI is InChI=1S/C20H16ClN/c1-3-5-14-6-4-7-15-10-13(2)22-18-9-8-17(21)11-16(18)12-19(22)20(14)15/h3-4,6-12H,1,5H2,2H3. The number of nitrogens with zero attached hydrogens (tertiary/aromatic N) is 1. The predicted molar refractivity (Wildman–Crippen MR) is 96.1 cm³/mol. The molecule has 0 radical (unpaired) electrons. The first-order valence-corrected chi connectivity index (χ1v) is 7.79. The lowest BCUT2D eigenvalue weighted by Gasteiger charge is -2.10. The lowest BCUT2D eigenvalue weighted by molar-refractivity contribution is 1.15. The molecule has 0 aliphatic rings. The van der Waals surface area contributed by atoms with E-state index in [1.54, 1.807) is 0 Å². The SMILES string of the molecule is C=CCc1cccc2cc(C)n3c4ccc(Cl)cc4cc3c12. The molecule has 0 spiro atoms. The van der Waals surface area contributed by atoms with Crippen molar-refractivity contribution < 1.29 is 0 Å². The van der Waals surface area contributed by atoms with Crippen LogP contribution in [-0.4, -0.2) is 4.40 Å². The maximum Gasteiger partial charge on any atom is 0.0546 e. The number of fused-ring (bicyclic) bond motifs is 5. The number of allylic oxidation sites excluding steroid dienone is 1. The van der Waals surface area contributed by atoms with Crippen molar-refractivity contribution in [3.05, 3.63) is 77.5 Å². The van der Waals surface area contributed by atoms with E-state index in [1.807, 2.05) is 18.2 Å². The molecule has 0 amide bonds. The highest BCUT2D eigenvalue weighted by Gasteiger charge is 2.11. The monoisotopic (exact) mass is 305 g/mol. The van der Waals surface area contributed by atoms with Crippen LogP contribution in [0.1, 0.15) is 11.3 Å². The third-order valence-electron chi connectivity index (χ3n) is 4.28. The molecular formula is C20H16ClN. The van der Waals surface area contributed by atoms with Gasteiger partial charge >= 0.3 is 0 Å². The van der Waals surface area contributed by atoms with Crippen LogP contribution in [0.3, 0.4) is 0 Å². The summed E-state index contributed by atoms with van der Waals surface area (Å²) in [6, 6.07) is 17.1. The van der Waals surface area contributed by atoms with E-state index in [9.17, 15) is 0 Å². The number of benzene rings is 2. The van der Waals surface area contributed by atoms with Crippen molar-refractivity contribution in [3.8, 4) is 0 Å². The van der Waals surface area contributed by atoms with Gasteiger partial charge in [-0.15, -0.1) is 6.58 Å². The third kappa shape index (κ3) is 1.86. The number of pyridine rings is 1. The van der Waals surface area contributed by atoms with E-state index in [0.717, 1.165) is 11.4 Å². The Morgan fingerprint density at radius 1 is 1.05 bits per heavy atom. The van der Waals surface area contributed by atoms with Gasteiger partial charge in [-0.3, -0.25) is 0 Å². The van der Waals surface area contributed by atoms with Gasteiger partial charge in [-0.25, -0.2) is 0 Å². The van der Waals surface area contributed by atoms with Gasteiger partial charge in [0.2, 0.25) is 0 Å². The fourth-order valence-electron chi connectivity index (χ4n) is 3.42. The molecule has 0 bridgehead atoms. The second-order valence-corrected chi connectivity index (χ2v) is 6.16. The highest BCUT2D eigenvalue weighted by Crippen LogP contribution is 2.32. The molecule has 0 atom stereocenters. The second kappa shape index (κ2) is 4.89. The quantitative estimate of drug-likeness (QED) is 0.404. The molecule has 2 heterocycles. The number of aromatic nitrogens is 1. The number of hydrogen-bond acceptors (Lipinski definition) is 0. The van der Waals surface area contributed by atoms with Crippen LogP contribution in [0.5, 0.6) is 0 Å². The first-order chi connectivity index (χ1) is 10.7. The zero-order valence-electron chi connectivity index (χ0n) is 12.4. The van der Waals surface area contributed by atoms with Crippen molar-refractivity contribution in [2.45, 2.75) is 13.3 Å². The van der Waals surface area contributed by atoms with Crippen LogP contribution in [0.25, 0.3) is 27.2 Å². The Balaban J connectivity index is 2.27. The molecule has 0 aliphatic carbocycles. The molecule has 108 valence electrons. The lowest BCUT2D eigenvalue weighted by Crippen LogP contribution is -1.94. The minimum atomic E-state index is 0.775. The largest absolute Gasteiger partial charge is 0.313 e. The van der Waals surface area contributed by atoms with Crippen LogP contribution in [0, 0.1) is 6.92 Å². The molecule has 1 nitrogen and oxygen atoms in total. The van der Waals surface area contributed by atoms with Gasteiger partial charge in [0.1, 0.15) is 0 Å². The maximum atomic E-state index is 6.16. The summed E-state index contributed by atoms with van der Waals surface area (Å²) in [7, 11) is 0. The van der Waals surface area contributed by atoms with Gasteiger partial charge < -0.3 is 4.40 Å². The first-order valence-electron chi connectivity index (χ1n) is 7.42. The Labute approximate surface area is 134 Å². The van der Waals surface area contributed by atoms with Gasteiger partial charge in [0, 0.05) is 21.5 Å². The fraction of sp³-hybridized carbons (Fsp3) is 0.100. The molecule has 0 fully saturated rings. The summed E-state index contributed by atoms with van der Waals surface area (Å²) in [5, 5.41) is 4.53. The van der Waals surface area contributed by atoms with Gasteiger partial charge in [-0.2, -0.15) is 0 Å². The van der Waals surface area contributed by atoms with E-state index in [-0.39, 0.29) is 0 Å². The van der Waals surface area contributed by atoms with E-state index >= 15 is 0 Å². The molecule has 4 rings (SSSR count). The number of halogens is 1. The molecule has 0 N–H and O–H groups in total. The van der Waals surface area contributed by atoms with E-state index in [4.69, 9.17) is 11.6 Å². The van der Waals surface area contributed by atoms with E-state index < -0.39 is 0 Å². The van der Waals surface area contributed by atoms with Crippen LogP contribution in [-0.2, 0) is 6.42 Å². The van der Waals surface area contributed by atoms with Crippen LogP contribution in [0.4, 0.5) is 0 Å². The Morgan fingerprint density at radius 3 is 2.73 bits per heavy atom. The third-order valence-corrected chi connectivity index (χ3v) is 4.52. The summed E-state index contributed by atoms with van der Waals surface area (Å²) in [5.74, 6) is 0. The molecule has 0 saturated heterocycles. The van der Waals surface area contributed by atoms with Crippen LogP contribution in [0.2, 0.25) is 5.02 Å². The average molecular weight is 306 g/mol. The summed E-state index contributed by atoms with van der Waals surface area (Å²) in [6.45, 7) is 6.04. The van der Waals surface area contributed by atoms with Gasteiger partial charge in [-0.1, -0.05) is 35.9 Å². The van der Waals surface area contributed by atoms with Crippen molar-refractivity contribution in [2.24, 2.45) is 0 Å².